The summed E-state index contributed by atoms with van der Waals surface area (Å²) >= 11 is 1.92. The molecule has 0 N–H and O–H groups in total. The van der Waals surface area contributed by atoms with Crippen LogP contribution in [-0.2, 0) is 12.8 Å². The Bertz CT molecular complexity index is 345. The maximum Gasteiger partial charge on any atom is -0.00584 e. The number of aryl methyl sites for hydroxylation is 2. The third-order valence-corrected chi connectivity index (χ3v) is 6.27. The van der Waals surface area contributed by atoms with Gasteiger partial charge in [0.15, 0.2) is 0 Å². The third kappa shape index (κ3) is 12.7. The fourth-order valence-corrected chi connectivity index (χ4v) is 4.62. The molecule has 0 aliphatic rings. The van der Waals surface area contributed by atoms with E-state index in [0.717, 1.165) is 0 Å². The molecule has 1 aromatic rings. The lowest BCUT2D eigenvalue weighted by atomic mass is 10.00. The molecular formula is C24H44S. The van der Waals surface area contributed by atoms with E-state index in [1.807, 2.05) is 11.3 Å². The van der Waals surface area contributed by atoms with Crippen molar-refractivity contribution in [2.45, 2.75) is 129 Å². The normalized spacial score (nSPS) is 11.3. The van der Waals surface area contributed by atoms with Crippen LogP contribution in [0.15, 0.2) is 10.8 Å². The van der Waals surface area contributed by atoms with Crippen LogP contribution in [0.25, 0.3) is 0 Å². The van der Waals surface area contributed by atoms with E-state index < -0.39 is 0 Å². The van der Waals surface area contributed by atoms with Gasteiger partial charge in [0.25, 0.3) is 0 Å². The van der Waals surface area contributed by atoms with Gasteiger partial charge < -0.3 is 0 Å². The van der Waals surface area contributed by atoms with E-state index in [2.05, 4.69) is 24.6 Å². The predicted octanol–water partition coefficient (Wildman–Crippen LogP) is 9.11. The number of hydrogen-bond acceptors (Lipinski definition) is 1. The number of thiophene rings is 1. The van der Waals surface area contributed by atoms with Crippen molar-refractivity contribution in [1.29, 1.82) is 0 Å². The van der Waals surface area contributed by atoms with E-state index in [0.29, 0.717) is 0 Å². The van der Waals surface area contributed by atoms with E-state index in [-0.39, 0.29) is 0 Å². The minimum atomic E-state index is 1.32. The van der Waals surface area contributed by atoms with Crippen LogP contribution in [0.1, 0.15) is 128 Å². The number of hydrogen-bond donors (Lipinski definition) is 0. The largest absolute Gasteiger partial charge is 0.152 e. The second kappa shape index (κ2) is 17.1. The zero-order valence-corrected chi connectivity index (χ0v) is 18.1. The van der Waals surface area contributed by atoms with Gasteiger partial charge in [-0.3, -0.25) is 0 Å². The van der Waals surface area contributed by atoms with E-state index in [1.54, 1.807) is 11.1 Å². The van der Waals surface area contributed by atoms with Crippen LogP contribution in [0.5, 0.6) is 0 Å². The molecule has 0 nitrogen and oxygen atoms in total. The monoisotopic (exact) mass is 364 g/mol. The first-order chi connectivity index (χ1) is 12.4. The summed E-state index contributed by atoms with van der Waals surface area (Å²) in [5, 5.41) is 4.84. The summed E-state index contributed by atoms with van der Waals surface area (Å²) in [6, 6.07) is 0. The van der Waals surface area contributed by atoms with Gasteiger partial charge in [0.1, 0.15) is 0 Å². The summed E-state index contributed by atoms with van der Waals surface area (Å²) in [5.41, 5.74) is 3.33. The van der Waals surface area contributed by atoms with Crippen molar-refractivity contribution in [2.75, 3.05) is 0 Å². The molecule has 1 heterocycles. The molecule has 0 spiro atoms. The Hall–Kier alpha value is -0.300. The first kappa shape index (κ1) is 22.7. The zero-order valence-electron chi connectivity index (χ0n) is 17.3. The highest BCUT2D eigenvalue weighted by atomic mass is 32.1. The maximum absolute atomic E-state index is 2.42. The molecule has 25 heavy (non-hydrogen) atoms. The van der Waals surface area contributed by atoms with Gasteiger partial charge in [0.05, 0.1) is 0 Å². The molecule has 0 radical (unpaired) electrons. The van der Waals surface area contributed by atoms with Gasteiger partial charge in [-0.2, -0.15) is 11.3 Å². The second-order valence-electron chi connectivity index (χ2n) is 7.87. The Labute approximate surface area is 162 Å². The molecule has 0 bridgehead atoms. The number of rotatable bonds is 18. The molecule has 0 aromatic carbocycles. The van der Waals surface area contributed by atoms with E-state index >= 15 is 0 Å². The van der Waals surface area contributed by atoms with Crippen molar-refractivity contribution in [2.24, 2.45) is 0 Å². The van der Waals surface area contributed by atoms with Crippen LogP contribution in [-0.4, -0.2) is 0 Å². The van der Waals surface area contributed by atoms with Gasteiger partial charge in [0.2, 0.25) is 0 Å². The predicted molar refractivity (Wildman–Crippen MR) is 117 cm³/mol. The minimum absolute atomic E-state index is 1.32. The third-order valence-electron chi connectivity index (χ3n) is 5.43. The molecule has 146 valence electrons. The molecule has 0 atom stereocenters. The topological polar surface area (TPSA) is 0 Å². The fraction of sp³-hybridized carbons (Fsp3) is 0.833. The van der Waals surface area contributed by atoms with Gasteiger partial charge in [-0.1, -0.05) is 104 Å². The highest BCUT2D eigenvalue weighted by Crippen LogP contribution is 2.21. The first-order valence-corrected chi connectivity index (χ1v) is 12.4. The quantitative estimate of drug-likeness (QED) is 0.228. The summed E-state index contributed by atoms with van der Waals surface area (Å²) in [6.07, 6.45) is 25.5. The van der Waals surface area contributed by atoms with Crippen molar-refractivity contribution in [3.05, 3.63) is 21.9 Å². The van der Waals surface area contributed by atoms with E-state index in [9.17, 15) is 0 Å². The Kier molecular flexibility index (Phi) is 15.6. The second-order valence-corrected chi connectivity index (χ2v) is 8.62. The Balaban J connectivity index is 2.00. The first-order valence-electron chi connectivity index (χ1n) is 11.4. The lowest BCUT2D eigenvalue weighted by molar-refractivity contribution is 0.571. The summed E-state index contributed by atoms with van der Waals surface area (Å²) in [7, 11) is 0. The minimum Gasteiger partial charge on any atom is -0.152 e. The van der Waals surface area contributed by atoms with Crippen molar-refractivity contribution in [1.82, 2.24) is 0 Å². The lowest BCUT2D eigenvalue weighted by Crippen LogP contribution is -1.92. The van der Waals surface area contributed by atoms with Crippen LogP contribution < -0.4 is 0 Å². The van der Waals surface area contributed by atoms with Crippen molar-refractivity contribution < 1.29 is 0 Å². The van der Waals surface area contributed by atoms with Crippen molar-refractivity contribution in [3.63, 3.8) is 0 Å². The molecule has 0 saturated heterocycles. The van der Waals surface area contributed by atoms with Crippen molar-refractivity contribution >= 4 is 11.3 Å². The maximum atomic E-state index is 2.42. The molecule has 0 saturated carbocycles. The Morgan fingerprint density at radius 2 is 0.800 bits per heavy atom. The summed E-state index contributed by atoms with van der Waals surface area (Å²) in [6.45, 7) is 4.60. The number of unbranched alkanes of at least 4 members (excludes halogenated alkanes) is 14. The van der Waals surface area contributed by atoms with Crippen LogP contribution >= 0.6 is 11.3 Å². The summed E-state index contributed by atoms with van der Waals surface area (Å²) in [5.74, 6) is 0. The average molecular weight is 365 g/mol. The summed E-state index contributed by atoms with van der Waals surface area (Å²) in [4.78, 5) is 0. The standard InChI is InChI=1S/C24H44S/c1-3-5-7-9-11-13-15-17-19-23-21-25-22-24(23)20-18-16-14-12-10-8-6-4-2/h21-22H,3-20H2,1-2H3. The molecule has 0 aliphatic carbocycles. The molecule has 1 rings (SSSR count). The fourth-order valence-electron chi connectivity index (χ4n) is 3.69. The van der Waals surface area contributed by atoms with E-state index in [4.69, 9.17) is 0 Å². The van der Waals surface area contributed by atoms with Gasteiger partial charge in [-0.05, 0) is 47.6 Å². The molecule has 1 heteroatoms. The molecule has 0 unspecified atom stereocenters. The average Bonchev–Trinajstić information content (AvgIpc) is 3.07. The highest BCUT2D eigenvalue weighted by molar-refractivity contribution is 7.08. The Morgan fingerprint density at radius 3 is 1.16 bits per heavy atom. The zero-order chi connectivity index (χ0) is 18.0. The molecule has 0 fully saturated rings. The van der Waals surface area contributed by atoms with Gasteiger partial charge >= 0.3 is 0 Å². The van der Waals surface area contributed by atoms with Crippen molar-refractivity contribution in [3.8, 4) is 0 Å². The van der Waals surface area contributed by atoms with E-state index in [1.165, 1.54) is 116 Å². The molecule has 1 aromatic heterocycles. The lowest BCUT2D eigenvalue weighted by Gasteiger charge is -2.05. The van der Waals surface area contributed by atoms with Gasteiger partial charge in [-0.25, -0.2) is 0 Å². The van der Waals surface area contributed by atoms with Crippen LogP contribution in [0.3, 0.4) is 0 Å². The van der Waals surface area contributed by atoms with Gasteiger partial charge in [-0.15, -0.1) is 0 Å². The Morgan fingerprint density at radius 1 is 0.480 bits per heavy atom. The summed E-state index contributed by atoms with van der Waals surface area (Å²) < 4.78 is 0. The van der Waals surface area contributed by atoms with Crippen LogP contribution in [0.4, 0.5) is 0 Å². The smallest absolute Gasteiger partial charge is 0.00584 e. The molecule has 0 amide bonds. The van der Waals surface area contributed by atoms with Gasteiger partial charge in [0, 0.05) is 0 Å². The SMILES string of the molecule is CCCCCCCCCCc1cscc1CCCCCCCCCC. The molecular weight excluding hydrogens is 320 g/mol. The molecule has 0 aliphatic heterocycles. The van der Waals surface area contributed by atoms with Crippen LogP contribution in [0.2, 0.25) is 0 Å². The van der Waals surface area contributed by atoms with Crippen LogP contribution in [0, 0.1) is 0 Å². The highest BCUT2D eigenvalue weighted by Gasteiger charge is 2.04.